The molecule has 6 nitrogen and oxygen atoms in total. The molecule has 0 fully saturated rings. The maximum atomic E-state index is 13.6. The minimum Gasteiger partial charge on any atom is -0.483 e. The van der Waals surface area contributed by atoms with E-state index in [1.165, 1.54) is 23.5 Å². The molecule has 2 aromatic heterocycles. The summed E-state index contributed by atoms with van der Waals surface area (Å²) in [6.45, 7) is 3.03. The number of carbonyl (C=O) groups excluding carboxylic acids is 1. The van der Waals surface area contributed by atoms with E-state index in [0.29, 0.717) is 27.6 Å². The highest BCUT2D eigenvalue weighted by Crippen LogP contribution is 2.30. The second kappa shape index (κ2) is 9.04. The molecule has 8 heteroatoms. The fraction of sp³-hybridized carbons (Fsp3) is 0.227. The van der Waals surface area contributed by atoms with Crippen molar-refractivity contribution in [2.45, 2.75) is 19.9 Å². The monoisotopic (exact) mass is 424 g/mol. The maximum Gasteiger partial charge on any atom is 0.266 e. The Balaban J connectivity index is 1.52. The van der Waals surface area contributed by atoms with E-state index in [4.69, 9.17) is 4.74 Å². The number of benzene rings is 2. The van der Waals surface area contributed by atoms with Gasteiger partial charge < -0.3 is 9.30 Å². The van der Waals surface area contributed by atoms with E-state index in [1.807, 2.05) is 42.0 Å². The molecule has 154 valence electrons. The molecular formula is C22H21FN4O2S. The van der Waals surface area contributed by atoms with E-state index in [9.17, 15) is 9.18 Å². The number of hydrogen-bond donors (Lipinski definition) is 0. The van der Waals surface area contributed by atoms with E-state index in [0.717, 1.165) is 18.5 Å². The SMILES string of the molecule is Cc1ccccc1OCC(=O)N(CCCn1ccnc1)c1nc2ccc(F)cc2s1. The molecule has 0 unspecified atom stereocenters. The summed E-state index contributed by atoms with van der Waals surface area (Å²) in [6.07, 6.45) is 6.07. The number of thiazole rings is 1. The van der Waals surface area contributed by atoms with Crippen molar-refractivity contribution in [1.82, 2.24) is 14.5 Å². The number of imidazole rings is 1. The number of carbonyl (C=O) groups is 1. The smallest absolute Gasteiger partial charge is 0.266 e. The molecule has 2 aromatic carbocycles. The van der Waals surface area contributed by atoms with Gasteiger partial charge >= 0.3 is 0 Å². The lowest BCUT2D eigenvalue weighted by atomic mass is 10.2. The molecule has 1 amide bonds. The van der Waals surface area contributed by atoms with Crippen molar-refractivity contribution in [3.05, 3.63) is 72.6 Å². The molecule has 0 saturated carbocycles. The van der Waals surface area contributed by atoms with Gasteiger partial charge in [-0.1, -0.05) is 29.5 Å². The van der Waals surface area contributed by atoms with Gasteiger partial charge in [0.1, 0.15) is 11.6 Å². The first-order valence-corrected chi connectivity index (χ1v) is 10.4. The Bertz CT molecular complexity index is 1140. The number of hydrogen-bond acceptors (Lipinski definition) is 5. The van der Waals surface area contributed by atoms with Gasteiger partial charge in [-0.15, -0.1) is 0 Å². The second-order valence-corrected chi connectivity index (χ2v) is 7.87. The summed E-state index contributed by atoms with van der Waals surface area (Å²) >= 11 is 1.30. The summed E-state index contributed by atoms with van der Waals surface area (Å²) in [5.74, 6) is 0.164. The molecule has 0 saturated heterocycles. The van der Waals surface area contributed by atoms with Gasteiger partial charge in [0.25, 0.3) is 5.91 Å². The normalized spacial score (nSPS) is 11.0. The molecule has 0 N–H and O–H groups in total. The molecule has 2 heterocycles. The number of aromatic nitrogens is 3. The largest absolute Gasteiger partial charge is 0.483 e. The lowest BCUT2D eigenvalue weighted by Crippen LogP contribution is -2.36. The molecule has 4 aromatic rings. The van der Waals surface area contributed by atoms with Gasteiger partial charge in [0.2, 0.25) is 0 Å². The van der Waals surface area contributed by atoms with Crippen molar-refractivity contribution in [2.75, 3.05) is 18.1 Å². The summed E-state index contributed by atoms with van der Waals surface area (Å²) in [7, 11) is 0. The topological polar surface area (TPSA) is 60.2 Å². The third-order valence-corrected chi connectivity index (χ3v) is 5.71. The van der Waals surface area contributed by atoms with Gasteiger partial charge in [-0.2, -0.15) is 0 Å². The van der Waals surface area contributed by atoms with Crippen molar-refractivity contribution in [1.29, 1.82) is 0 Å². The van der Waals surface area contributed by atoms with Gasteiger partial charge in [-0.25, -0.2) is 14.4 Å². The number of aryl methyl sites for hydroxylation is 2. The lowest BCUT2D eigenvalue weighted by molar-refractivity contribution is -0.120. The average Bonchev–Trinajstić information content (AvgIpc) is 3.39. The first-order valence-electron chi connectivity index (χ1n) is 9.61. The highest BCUT2D eigenvalue weighted by Gasteiger charge is 2.20. The van der Waals surface area contributed by atoms with Crippen LogP contribution >= 0.6 is 11.3 Å². The second-order valence-electron chi connectivity index (χ2n) is 6.86. The first-order chi connectivity index (χ1) is 14.6. The summed E-state index contributed by atoms with van der Waals surface area (Å²) in [4.78, 5) is 23.2. The van der Waals surface area contributed by atoms with Gasteiger partial charge in [-0.3, -0.25) is 9.69 Å². The first kappa shape index (κ1) is 20.0. The number of anilines is 1. The fourth-order valence-corrected chi connectivity index (χ4v) is 4.13. The number of para-hydroxylation sites is 1. The van der Waals surface area contributed by atoms with Crippen LogP contribution < -0.4 is 9.64 Å². The average molecular weight is 425 g/mol. The number of amides is 1. The highest BCUT2D eigenvalue weighted by molar-refractivity contribution is 7.22. The molecule has 0 spiro atoms. The zero-order valence-electron chi connectivity index (χ0n) is 16.5. The van der Waals surface area contributed by atoms with E-state index in [2.05, 4.69) is 9.97 Å². The summed E-state index contributed by atoms with van der Waals surface area (Å²) < 4.78 is 22.0. The van der Waals surface area contributed by atoms with Crippen LogP contribution in [0.3, 0.4) is 0 Å². The molecule has 0 bridgehead atoms. The predicted molar refractivity (Wildman–Crippen MR) is 115 cm³/mol. The Kier molecular flexibility index (Phi) is 6.04. The van der Waals surface area contributed by atoms with Crippen molar-refractivity contribution < 1.29 is 13.9 Å². The number of halogens is 1. The van der Waals surface area contributed by atoms with Crippen LogP contribution in [0.15, 0.2) is 61.2 Å². The van der Waals surface area contributed by atoms with Gasteiger partial charge in [0, 0.05) is 25.5 Å². The minimum atomic E-state index is -0.321. The summed E-state index contributed by atoms with van der Waals surface area (Å²) in [6, 6.07) is 12.0. The van der Waals surface area contributed by atoms with Crippen molar-refractivity contribution >= 4 is 32.6 Å². The Morgan fingerprint density at radius 1 is 1.27 bits per heavy atom. The van der Waals surface area contributed by atoms with E-state index < -0.39 is 0 Å². The van der Waals surface area contributed by atoms with E-state index in [1.54, 1.807) is 23.5 Å². The molecule has 4 rings (SSSR count). The van der Waals surface area contributed by atoms with Crippen LogP contribution in [-0.2, 0) is 11.3 Å². The standard InChI is InChI=1S/C22H21FN4O2S/c1-16-5-2-3-6-19(16)29-14-21(28)27(11-4-10-26-12-9-24-15-26)22-25-18-8-7-17(23)13-20(18)30-22/h2-3,5-9,12-13,15H,4,10-11,14H2,1H3. The van der Waals surface area contributed by atoms with Crippen LogP contribution in [0.25, 0.3) is 10.2 Å². The third-order valence-electron chi connectivity index (χ3n) is 4.67. The quantitative estimate of drug-likeness (QED) is 0.420. The van der Waals surface area contributed by atoms with Gasteiger partial charge in [0.05, 0.1) is 16.5 Å². The zero-order chi connectivity index (χ0) is 20.9. The fourth-order valence-electron chi connectivity index (χ4n) is 3.09. The maximum absolute atomic E-state index is 13.6. The molecule has 0 radical (unpaired) electrons. The van der Waals surface area contributed by atoms with Crippen LogP contribution in [0, 0.1) is 12.7 Å². The van der Waals surface area contributed by atoms with Crippen LogP contribution in [0.2, 0.25) is 0 Å². The Labute approximate surface area is 177 Å². The summed E-state index contributed by atoms with van der Waals surface area (Å²) in [5.41, 5.74) is 1.64. The van der Waals surface area contributed by atoms with E-state index >= 15 is 0 Å². The molecule has 30 heavy (non-hydrogen) atoms. The summed E-state index contributed by atoms with van der Waals surface area (Å²) in [5, 5.41) is 0.541. The molecule has 0 aliphatic carbocycles. The molecule has 0 aliphatic heterocycles. The Morgan fingerprint density at radius 3 is 2.93 bits per heavy atom. The highest BCUT2D eigenvalue weighted by atomic mass is 32.1. The van der Waals surface area contributed by atoms with Crippen LogP contribution in [-0.4, -0.2) is 33.6 Å². The number of nitrogens with zero attached hydrogens (tertiary/aromatic N) is 4. The lowest BCUT2D eigenvalue weighted by Gasteiger charge is -2.20. The number of fused-ring (bicyclic) bond motifs is 1. The van der Waals surface area contributed by atoms with Crippen LogP contribution in [0.5, 0.6) is 5.75 Å². The minimum absolute atomic E-state index is 0.0970. The van der Waals surface area contributed by atoms with Gasteiger partial charge in [-0.05, 0) is 43.2 Å². The Morgan fingerprint density at radius 2 is 2.13 bits per heavy atom. The van der Waals surface area contributed by atoms with Gasteiger partial charge in [0.15, 0.2) is 11.7 Å². The van der Waals surface area contributed by atoms with Crippen LogP contribution in [0.4, 0.5) is 9.52 Å². The predicted octanol–water partition coefficient (Wildman–Crippen LogP) is 4.44. The molecular weight excluding hydrogens is 403 g/mol. The number of ether oxygens (including phenoxy) is 1. The zero-order valence-corrected chi connectivity index (χ0v) is 17.3. The third kappa shape index (κ3) is 4.65. The van der Waals surface area contributed by atoms with Crippen molar-refractivity contribution in [3.63, 3.8) is 0 Å². The Hall–Kier alpha value is -3.26. The number of rotatable bonds is 8. The van der Waals surface area contributed by atoms with Crippen molar-refractivity contribution in [2.24, 2.45) is 0 Å². The van der Waals surface area contributed by atoms with Crippen molar-refractivity contribution in [3.8, 4) is 5.75 Å². The molecule has 0 atom stereocenters. The van der Waals surface area contributed by atoms with Crippen LogP contribution in [0.1, 0.15) is 12.0 Å². The molecule has 0 aliphatic rings. The van der Waals surface area contributed by atoms with E-state index in [-0.39, 0.29) is 18.3 Å².